The lowest BCUT2D eigenvalue weighted by atomic mass is 11.0. The molecule has 1 aromatic heterocycles. The summed E-state index contributed by atoms with van der Waals surface area (Å²) in [5.74, 6) is 0. The molecule has 0 aliphatic carbocycles. The largest absolute Gasteiger partial charge is 0.254 e. The number of halogens is 1. The molecule has 1 heterocycles. The van der Waals surface area contributed by atoms with Gasteiger partial charge in [0.1, 0.15) is 6.20 Å². The summed E-state index contributed by atoms with van der Waals surface area (Å²) in [6.07, 6.45) is 2.42. The minimum Gasteiger partial charge on any atom is -0.254 e. The van der Waals surface area contributed by atoms with Gasteiger partial charge in [-0.05, 0) is 0 Å². The van der Waals surface area contributed by atoms with Crippen LogP contribution in [0.4, 0.5) is 0 Å². The topological polar surface area (TPSA) is 41.6 Å². The zero-order valence-corrected chi connectivity index (χ0v) is 3.53. The van der Waals surface area contributed by atoms with E-state index in [2.05, 4.69) is 21.6 Å². The number of aromatic amines is 1. The summed E-state index contributed by atoms with van der Waals surface area (Å²) in [4.78, 5) is 0. The zero-order valence-electron chi connectivity index (χ0n) is 2.77. The fourth-order valence-electron chi connectivity index (χ4n) is 0.165. The predicted octanol–water partition coefficient (Wildman–Crippen LogP) is 0.258. The van der Waals surface area contributed by atoms with Gasteiger partial charge in [0.05, 0.1) is 0 Å². The number of aromatic nitrogens is 3. The normalized spacial score (nSPS) is 8.83. The van der Waals surface area contributed by atoms with Gasteiger partial charge in [0.25, 0.3) is 0 Å². The molecule has 0 aliphatic heterocycles. The van der Waals surface area contributed by atoms with Crippen molar-refractivity contribution in [1.82, 2.24) is 15.4 Å². The minimum absolute atomic E-state index is 0.273. The Morgan fingerprint density at radius 3 is 2.83 bits per heavy atom. The van der Waals surface area contributed by atoms with Gasteiger partial charge in [-0.15, -0.1) is 5.10 Å². The van der Waals surface area contributed by atoms with E-state index in [1.807, 2.05) is 0 Å². The molecule has 0 aromatic carbocycles. The molecule has 0 saturated carbocycles. The Bertz CT molecular complexity index is 112. The molecule has 0 bridgehead atoms. The van der Waals surface area contributed by atoms with Crippen LogP contribution in [0, 0.1) is 6.20 Å². The summed E-state index contributed by atoms with van der Waals surface area (Å²) < 4.78 is 0. The zero-order chi connectivity index (χ0) is 4.41. The van der Waals surface area contributed by atoms with Crippen molar-refractivity contribution in [2.75, 3.05) is 0 Å². The summed E-state index contributed by atoms with van der Waals surface area (Å²) in [5.41, 5.74) is 0. The van der Waals surface area contributed by atoms with Gasteiger partial charge in [-0.1, -0.05) is 16.8 Å². The van der Waals surface area contributed by atoms with Gasteiger partial charge >= 0.3 is 0 Å². The maximum absolute atomic E-state index is 5.19. The highest BCUT2D eigenvalue weighted by Gasteiger charge is 1.81. The molecule has 1 rings (SSSR count). The average Bonchev–Trinajstić information content (AvgIpc) is 1.86. The van der Waals surface area contributed by atoms with Crippen LogP contribution < -0.4 is 0 Å². The molecule has 4 heteroatoms. The van der Waals surface area contributed by atoms with Gasteiger partial charge in [0.15, 0.2) is 5.15 Å². The van der Waals surface area contributed by atoms with Crippen molar-refractivity contribution in [2.45, 2.75) is 0 Å². The maximum atomic E-state index is 5.19. The molecule has 1 N–H and O–H groups in total. The van der Waals surface area contributed by atoms with Crippen LogP contribution in [-0.2, 0) is 0 Å². The lowest BCUT2D eigenvalue weighted by Gasteiger charge is -1.56. The second kappa shape index (κ2) is 1.26. The number of nitrogens with one attached hydrogen (secondary N) is 1. The Morgan fingerprint density at radius 1 is 1.83 bits per heavy atom. The smallest absolute Gasteiger partial charge is 0.180 e. The third-order valence-electron chi connectivity index (χ3n) is 0.347. The predicted molar refractivity (Wildman–Crippen MR) is 20.2 cm³/mol. The van der Waals surface area contributed by atoms with Gasteiger partial charge in [-0.25, -0.2) is 0 Å². The molecule has 31 valence electrons. The van der Waals surface area contributed by atoms with E-state index in [9.17, 15) is 0 Å². The van der Waals surface area contributed by atoms with E-state index in [1.54, 1.807) is 0 Å². The summed E-state index contributed by atoms with van der Waals surface area (Å²) in [6, 6.07) is 0. The number of hydrogen-bond donors (Lipinski definition) is 1. The fraction of sp³-hybridized carbons (Fsp3) is 0. The quantitative estimate of drug-likeness (QED) is 0.511. The first-order chi connectivity index (χ1) is 2.89. The molecule has 0 fully saturated rings. The van der Waals surface area contributed by atoms with E-state index in [0.717, 1.165) is 0 Å². The van der Waals surface area contributed by atoms with Crippen LogP contribution >= 0.6 is 11.6 Å². The maximum Gasteiger partial charge on any atom is 0.180 e. The number of hydrogen-bond acceptors (Lipinski definition) is 2. The van der Waals surface area contributed by atoms with Crippen molar-refractivity contribution in [3.63, 3.8) is 0 Å². The molecule has 0 aliphatic rings. The third-order valence-corrected chi connectivity index (χ3v) is 0.517. The third kappa shape index (κ3) is 0.490. The fourth-order valence-corrected chi connectivity index (χ4v) is 0.245. The van der Waals surface area contributed by atoms with Crippen molar-refractivity contribution >= 4 is 11.6 Å². The van der Waals surface area contributed by atoms with E-state index in [0.29, 0.717) is 0 Å². The van der Waals surface area contributed by atoms with E-state index in [1.165, 1.54) is 0 Å². The van der Waals surface area contributed by atoms with Gasteiger partial charge in [-0.3, -0.25) is 5.10 Å². The van der Waals surface area contributed by atoms with E-state index in [4.69, 9.17) is 11.6 Å². The number of nitrogens with zero attached hydrogens (tertiary/aromatic N) is 2. The van der Waals surface area contributed by atoms with Crippen LogP contribution in [-0.4, -0.2) is 15.4 Å². The highest BCUT2D eigenvalue weighted by molar-refractivity contribution is 6.29. The summed E-state index contributed by atoms with van der Waals surface area (Å²) in [5, 5.41) is 9.16. The number of rotatable bonds is 0. The second-order valence-electron chi connectivity index (χ2n) is 0.728. The molecule has 0 saturated heterocycles. The molecule has 0 spiro atoms. The van der Waals surface area contributed by atoms with Crippen molar-refractivity contribution in [3.8, 4) is 0 Å². The molecule has 0 atom stereocenters. The highest BCUT2D eigenvalue weighted by atomic mass is 35.5. The van der Waals surface area contributed by atoms with Crippen molar-refractivity contribution in [2.24, 2.45) is 0 Å². The first kappa shape index (κ1) is 3.61. The summed E-state index contributed by atoms with van der Waals surface area (Å²) in [6.45, 7) is 0. The van der Waals surface area contributed by atoms with Crippen LogP contribution in [0.15, 0.2) is 0 Å². The molecule has 1 aromatic rings. The van der Waals surface area contributed by atoms with Gasteiger partial charge < -0.3 is 0 Å². The van der Waals surface area contributed by atoms with Gasteiger partial charge in [-0.2, -0.15) is 0 Å². The molecule has 3 nitrogen and oxygen atoms in total. The second-order valence-corrected chi connectivity index (χ2v) is 1.09. The number of H-pyrrole nitrogens is 1. The van der Waals surface area contributed by atoms with Crippen LogP contribution in [0.5, 0.6) is 0 Å². The molecule has 1 radical (unpaired) electrons. The van der Waals surface area contributed by atoms with Gasteiger partial charge in [0, 0.05) is 0 Å². The first-order valence-electron chi connectivity index (χ1n) is 1.34. The molecule has 0 unspecified atom stereocenters. The Balaban J connectivity index is 3.05. The molecular formula is C2HClN3. The summed E-state index contributed by atoms with van der Waals surface area (Å²) >= 11 is 5.19. The van der Waals surface area contributed by atoms with E-state index in [-0.39, 0.29) is 5.15 Å². The molecule has 6 heavy (non-hydrogen) atoms. The van der Waals surface area contributed by atoms with Crippen LogP contribution in [0.3, 0.4) is 0 Å². The standard InChI is InChI=1S/C2HClN3/c3-2-1-4-6-5-2/h(H,4,5,6). The van der Waals surface area contributed by atoms with Crippen molar-refractivity contribution in [1.29, 1.82) is 0 Å². The van der Waals surface area contributed by atoms with Crippen LogP contribution in [0.2, 0.25) is 5.15 Å². The van der Waals surface area contributed by atoms with Crippen molar-refractivity contribution in [3.05, 3.63) is 11.3 Å². The first-order valence-corrected chi connectivity index (χ1v) is 1.71. The van der Waals surface area contributed by atoms with Crippen LogP contribution in [0.1, 0.15) is 0 Å². The Morgan fingerprint density at radius 2 is 2.67 bits per heavy atom. The van der Waals surface area contributed by atoms with E-state index >= 15 is 0 Å². The lowest BCUT2D eigenvalue weighted by molar-refractivity contribution is 0.938. The molecular weight excluding hydrogens is 101 g/mol. The van der Waals surface area contributed by atoms with E-state index < -0.39 is 0 Å². The van der Waals surface area contributed by atoms with Gasteiger partial charge in [0.2, 0.25) is 0 Å². The Labute approximate surface area is 39.3 Å². The minimum atomic E-state index is 0.273. The molecule has 0 amide bonds. The lowest BCUT2D eigenvalue weighted by Crippen LogP contribution is -1.63. The summed E-state index contributed by atoms with van der Waals surface area (Å²) in [7, 11) is 0. The monoisotopic (exact) mass is 102 g/mol. The average molecular weight is 103 g/mol. The van der Waals surface area contributed by atoms with Crippen LogP contribution in [0.25, 0.3) is 0 Å². The van der Waals surface area contributed by atoms with Crippen molar-refractivity contribution < 1.29 is 0 Å². The Kier molecular flexibility index (Phi) is 0.759. The Hall–Kier alpha value is -0.570. The SMILES string of the molecule is Clc1[c][nH]nn1. The highest BCUT2D eigenvalue weighted by Crippen LogP contribution is 1.92.